The van der Waals surface area contributed by atoms with Gasteiger partial charge in [0, 0.05) is 5.56 Å². The minimum Gasteiger partial charge on any atom is -0.506 e. The van der Waals surface area contributed by atoms with E-state index in [-0.39, 0.29) is 21.4 Å². The maximum atomic E-state index is 13.3. The van der Waals surface area contributed by atoms with Crippen LogP contribution in [0, 0.1) is 12.7 Å². The van der Waals surface area contributed by atoms with Gasteiger partial charge in [-0.3, -0.25) is 0 Å². The van der Waals surface area contributed by atoms with Crippen molar-refractivity contribution < 1.29 is 9.50 Å². The van der Waals surface area contributed by atoms with Gasteiger partial charge < -0.3 is 5.11 Å². The number of halogens is 3. The lowest BCUT2D eigenvalue weighted by atomic mass is 10.1. The van der Waals surface area contributed by atoms with Crippen molar-refractivity contribution in [3.05, 3.63) is 27.0 Å². The third kappa shape index (κ3) is 1.61. The molecule has 1 nitrogen and oxygen atoms in total. The summed E-state index contributed by atoms with van der Waals surface area (Å²) in [4.78, 5) is 0. The van der Waals surface area contributed by atoms with Crippen LogP contribution in [0.2, 0.25) is 10.0 Å². The quantitative estimate of drug-likeness (QED) is 0.719. The van der Waals surface area contributed by atoms with E-state index >= 15 is 0 Å². The molecule has 72 valence electrons. The van der Waals surface area contributed by atoms with Gasteiger partial charge in [-0.05, 0) is 18.9 Å². The van der Waals surface area contributed by atoms with E-state index in [1.54, 1.807) is 6.92 Å². The minimum absolute atomic E-state index is 0.00259. The Labute approximate surface area is 86.1 Å². The highest BCUT2D eigenvalue weighted by atomic mass is 35.5. The molecule has 0 unspecified atom stereocenters. The molecule has 1 rings (SSSR count). The van der Waals surface area contributed by atoms with Crippen LogP contribution in [0.4, 0.5) is 4.39 Å². The molecule has 0 aliphatic carbocycles. The number of rotatable bonds is 1. The Hall–Kier alpha value is -0.470. The molecule has 0 aromatic heterocycles. The first-order valence-electron chi connectivity index (χ1n) is 3.85. The average Bonchev–Trinajstić information content (AvgIpc) is 2.13. The molecule has 0 saturated heterocycles. The standard InChI is InChI=1S/C9H9Cl2FO/c1-3-5-6(10)8(12)4(2)9(13)7(5)11/h13H,3H2,1-2H3. The number of hydrogen-bond donors (Lipinski definition) is 1. The molecule has 4 heteroatoms. The average molecular weight is 223 g/mol. The Kier molecular flexibility index (Phi) is 3.04. The Morgan fingerprint density at radius 2 is 1.85 bits per heavy atom. The fourth-order valence-electron chi connectivity index (χ4n) is 1.12. The van der Waals surface area contributed by atoms with Gasteiger partial charge in [-0.25, -0.2) is 4.39 Å². The lowest BCUT2D eigenvalue weighted by Gasteiger charge is -2.10. The van der Waals surface area contributed by atoms with Crippen molar-refractivity contribution in [3.8, 4) is 5.75 Å². The molecule has 1 N–H and O–H groups in total. The van der Waals surface area contributed by atoms with Crippen LogP contribution in [-0.2, 0) is 6.42 Å². The van der Waals surface area contributed by atoms with E-state index < -0.39 is 5.82 Å². The summed E-state index contributed by atoms with van der Waals surface area (Å²) in [5.74, 6) is -0.819. The number of hydrogen-bond acceptors (Lipinski definition) is 1. The molecule has 0 aliphatic heterocycles. The van der Waals surface area contributed by atoms with Crippen molar-refractivity contribution in [2.75, 3.05) is 0 Å². The summed E-state index contributed by atoms with van der Waals surface area (Å²) in [7, 11) is 0. The molecule has 0 atom stereocenters. The predicted octanol–water partition coefficient (Wildman–Crippen LogP) is 3.71. The summed E-state index contributed by atoms with van der Waals surface area (Å²) in [6, 6.07) is 0. The smallest absolute Gasteiger partial charge is 0.148 e. The third-order valence-corrected chi connectivity index (χ3v) is 2.77. The fourth-order valence-corrected chi connectivity index (χ4v) is 1.90. The molecule has 1 aromatic rings. The Morgan fingerprint density at radius 3 is 2.31 bits per heavy atom. The monoisotopic (exact) mass is 222 g/mol. The zero-order valence-electron chi connectivity index (χ0n) is 7.29. The molecule has 0 radical (unpaired) electrons. The zero-order valence-corrected chi connectivity index (χ0v) is 8.80. The van der Waals surface area contributed by atoms with Gasteiger partial charge in [0.1, 0.15) is 11.6 Å². The highest BCUT2D eigenvalue weighted by Crippen LogP contribution is 2.38. The lowest BCUT2D eigenvalue weighted by Crippen LogP contribution is -1.93. The number of aromatic hydroxyl groups is 1. The Bertz CT molecular complexity index is 321. The van der Waals surface area contributed by atoms with E-state index in [9.17, 15) is 9.50 Å². The largest absolute Gasteiger partial charge is 0.506 e. The first-order valence-corrected chi connectivity index (χ1v) is 4.61. The molecule has 0 aliphatic rings. The second-order valence-electron chi connectivity index (χ2n) is 2.75. The Balaban J connectivity index is 3.56. The second-order valence-corrected chi connectivity index (χ2v) is 3.50. The fraction of sp³-hybridized carbons (Fsp3) is 0.333. The van der Waals surface area contributed by atoms with Crippen molar-refractivity contribution >= 4 is 23.2 Å². The van der Waals surface area contributed by atoms with Crippen molar-refractivity contribution in [2.24, 2.45) is 0 Å². The molecule has 13 heavy (non-hydrogen) atoms. The minimum atomic E-state index is -0.597. The lowest BCUT2D eigenvalue weighted by molar-refractivity contribution is 0.462. The number of phenolic OH excluding ortho intramolecular Hbond substituents is 1. The molecule has 0 bridgehead atoms. The third-order valence-electron chi connectivity index (χ3n) is 1.97. The van der Waals surface area contributed by atoms with Crippen LogP contribution in [0.5, 0.6) is 5.75 Å². The summed E-state index contributed by atoms with van der Waals surface area (Å²) < 4.78 is 13.3. The maximum Gasteiger partial charge on any atom is 0.148 e. The maximum absolute atomic E-state index is 13.3. The van der Waals surface area contributed by atoms with Gasteiger partial charge in [-0.15, -0.1) is 0 Å². The van der Waals surface area contributed by atoms with Crippen LogP contribution in [0.3, 0.4) is 0 Å². The number of phenols is 1. The summed E-state index contributed by atoms with van der Waals surface area (Å²) in [6.45, 7) is 3.23. The molecule has 0 spiro atoms. The molecular formula is C9H9Cl2FO. The highest BCUT2D eigenvalue weighted by molar-refractivity contribution is 6.37. The van der Waals surface area contributed by atoms with Gasteiger partial charge in [-0.2, -0.15) is 0 Å². The second kappa shape index (κ2) is 3.72. The van der Waals surface area contributed by atoms with Crippen molar-refractivity contribution in [1.29, 1.82) is 0 Å². The van der Waals surface area contributed by atoms with Crippen molar-refractivity contribution in [2.45, 2.75) is 20.3 Å². The van der Waals surface area contributed by atoms with Gasteiger partial charge in [0.15, 0.2) is 0 Å². The molecule has 0 saturated carbocycles. The van der Waals surface area contributed by atoms with Crippen molar-refractivity contribution in [3.63, 3.8) is 0 Å². The zero-order chi connectivity index (χ0) is 10.2. The van der Waals surface area contributed by atoms with E-state index in [1.807, 2.05) is 0 Å². The van der Waals surface area contributed by atoms with Crippen LogP contribution >= 0.6 is 23.2 Å². The molecule has 0 fully saturated rings. The Morgan fingerprint density at radius 1 is 1.31 bits per heavy atom. The van der Waals surface area contributed by atoms with Gasteiger partial charge in [0.2, 0.25) is 0 Å². The van der Waals surface area contributed by atoms with Crippen LogP contribution in [-0.4, -0.2) is 5.11 Å². The van der Waals surface area contributed by atoms with Gasteiger partial charge in [-0.1, -0.05) is 30.1 Å². The van der Waals surface area contributed by atoms with E-state index in [2.05, 4.69) is 0 Å². The molecule has 0 amide bonds. The molecule has 1 aromatic carbocycles. The van der Waals surface area contributed by atoms with E-state index in [4.69, 9.17) is 23.2 Å². The molecule has 0 heterocycles. The highest BCUT2D eigenvalue weighted by Gasteiger charge is 2.17. The van der Waals surface area contributed by atoms with E-state index in [0.717, 1.165) is 0 Å². The summed E-state index contributed by atoms with van der Waals surface area (Å²) in [5, 5.41) is 9.54. The predicted molar refractivity (Wildman–Crippen MR) is 52.2 cm³/mol. The summed E-state index contributed by atoms with van der Waals surface area (Å²) in [6.07, 6.45) is 0.489. The topological polar surface area (TPSA) is 20.2 Å². The van der Waals surface area contributed by atoms with Crippen LogP contribution in [0.15, 0.2) is 0 Å². The van der Waals surface area contributed by atoms with Gasteiger partial charge in [0.05, 0.1) is 10.0 Å². The van der Waals surface area contributed by atoms with Gasteiger partial charge >= 0.3 is 0 Å². The summed E-state index contributed by atoms with van der Waals surface area (Å²) >= 11 is 11.5. The normalized spacial score (nSPS) is 10.5. The first-order chi connectivity index (χ1) is 6.00. The van der Waals surface area contributed by atoms with E-state index in [0.29, 0.717) is 12.0 Å². The van der Waals surface area contributed by atoms with E-state index in [1.165, 1.54) is 6.92 Å². The van der Waals surface area contributed by atoms with Crippen LogP contribution < -0.4 is 0 Å². The SMILES string of the molecule is CCc1c(Cl)c(O)c(C)c(F)c1Cl. The van der Waals surface area contributed by atoms with Crippen LogP contribution in [0.25, 0.3) is 0 Å². The van der Waals surface area contributed by atoms with Crippen molar-refractivity contribution in [1.82, 2.24) is 0 Å². The summed E-state index contributed by atoms with van der Waals surface area (Å²) in [5.41, 5.74) is 0.538. The van der Waals surface area contributed by atoms with Crippen LogP contribution in [0.1, 0.15) is 18.1 Å². The first kappa shape index (κ1) is 10.6. The molecular weight excluding hydrogens is 214 g/mol. The van der Waals surface area contributed by atoms with Gasteiger partial charge in [0.25, 0.3) is 0 Å². The number of benzene rings is 1.